The second-order valence-corrected chi connectivity index (χ2v) is 13.3. The van der Waals surface area contributed by atoms with Crippen molar-refractivity contribution in [1.82, 2.24) is 14.1 Å². The van der Waals surface area contributed by atoms with Crippen molar-refractivity contribution in [2.45, 2.75) is 43.3 Å². The van der Waals surface area contributed by atoms with Crippen LogP contribution in [0.15, 0.2) is 96.0 Å². The Labute approximate surface area is 267 Å². The average Bonchev–Trinajstić information content (AvgIpc) is 3.81. The first-order valence-electron chi connectivity index (χ1n) is 14.6. The summed E-state index contributed by atoms with van der Waals surface area (Å²) >= 11 is 6.28. The Hall–Kier alpha value is -4.38. The molecule has 4 aromatic carbocycles. The van der Waals surface area contributed by atoms with E-state index in [9.17, 15) is 13.2 Å². The highest BCUT2D eigenvalue weighted by molar-refractivity contribution is 7.89. The van der Waals surface area contributed by atoms with E-state index in [0.29, 0.717) is 38.7 Å². The van der Waals surface area contributed by atoms with Crippen LogP contribution in [0.3, 0.4) is 0 Å². The second-order valence-electron chi connectivity index (χ2n) is 11.0. The van der Waals surface area contributed by atoms with Gasteiger partial charge in [0, 0.05) is 35.4 Å². The number of nitrogens with zero attached hydrogens (tertiary/aromatic N) is 3. The third kappa shape index (κ3) is 6.98. The molecule has 0 unspecified atom stereocenters. The summed E-state index contributed by atoms with van der Waals surface area (Å²) in [5.74, 6) is 1.04. The van der Waals surface area contributed by atoms with E-state index in [0.717, 1.165) is 24.0 Å². The van der Waals surface area contributed by atoms with Gasteiger partial charge in [0.15, 0.2) is 0 Å². The lowest BCUT2D eigenvalue weighted by molar-refractivity contribution is -0.115. The molecule has 45 heavy (non-hydrogen) atoms. The number of hydrogen-bond acceptors (Lipinski definition) is 6. The first kappa shape index (κ1) is 30.6. The number of ether oxygens (including phenoxy) is 2. The molecule has 11 heteroatoms. The van der Waals surface area contributed by atoms with Crippen molar-refractivity contribution >= 4 is 44.1 Å². The third-order valence-electron chi connectivity index (χ3n) is 7.77. The third-order valence-corrected chi connectivity index (χ3v) is 9.97. The normalized spacial score (nSPS) is 13.2. The van der Waals surface area contributed by atoms with E-state index >= 15 is 0 Å². The minimum Gasteiger partial charge on any atom is -0.497 e. The topological polar surface area (TPSA) is 103 Å². The fourth-order valence-corrected chi connectivity index (χ4v) is 7.01. The van der Waals surface area contributed by atoms with Crippen molar-refractivity contribution in [2.75, 3.05) is 19.5 Å². The standard InChI is InChI=1S/C34H33ClN4O5S/c1-43-28-13-7-23(8-14-28)20-38(21-24-9-15-29(44-2)16-10-24)45(41,42)33-19-26(18-32-30(33)22-39(37-32)27-11-12-27)36-34(40)17-25-5-3-4-6-31(25)35/h3-10,13-16,18-19,22,27H,11-12,17,20-21H2,1-2H3,(H,36,40). The predicted octanol–water partition coefficient (Wildman–Crippen LogP) is 6.61. The summed E-state index contributed by atoms with van der Waals surface area (Å²) in [5.41, 5.74) is 3.09. The number of sulfonamides is 1. The van der Waals surface area contributed by atoms with Gasteiger partial charge in [-0.05, 0) is 72.0 Å². The molecule has 0 saturated heterocycles. The highest BCUT2D eigenvalue weighted by Crippen LogP contribution is 2.38. The maximum atomic E-state index is 14.7. The Morgan fingerprint density at radius 3 is 2.09 bits per heavy atom. The number of halogens is 1. The average molecular weight is 645 g/mol. The molecule has 9 nitrogen and oxygen atoms in total. The number of benzene rings is 4. The van der Waals surface area contributed by atoms with Crippen LogP contribution in [-0.2, 0) is 34.3 Å². The SMILES string of the molecule is COc1ccc(CN(Cc2ccc(OC)cc2)S(=O)(=O)c2cc(NC(=O)Cc3ccccc3Cl)cc3nn(C4CC4)cc23)cc1. The Balaban J connectivity index is 1.39. The van der Waals surface area contributed by atoms with Gasteiger partial charge in [0.05, 0.1) is 37.1 Å². The molecule has 1 aliphatic carbocycles. The molecule has 1 aliphatic rings. The van der Waals surface area contributed by atoms with Gasteiger partial charge in [-0.15, -0.1) is 0 Å². The molecule has 0 atom stereocenters. The molecule has 1 heterocycles. The molecule has 0 spiro atoms. The van der Waals surface area contributed by atoms with Crippen LogP contribution in [0.4, 0.5) is 5.69 Å². The van der Waals surface area contributed by atoms with Gasteiger partial charge in [-0.1, -0.05) is 54.1 Å². The van der Waals surface area contributed by atoms with Gasteiger partial charge >= 0.3 is 0 Å². The fourth-order valence-electron chi connectivity index (χ4n) is 5.18. The summed E-state index contributed by atoms with van der Waals surface area (Å²) < 4.78 is 43.2. The molecule has 5 aromatic rings. The van der Waals surface area contributed by atoms with E-state index in [1.54, 1.807) is 68.9 Å². The molecule has 232 valence electrons. The first-order valence-corrected chi connectivity index (χ1v) is 16.4. The van der Waals surface area contributed by atoms with Crippen molar-refractivity contribution in [3.8, 4) is 11.5 Å². The number of fused-ring (bicyclic) bond motifs is 1. The van der Waals surface area contributed by atoms with Gasteiger partial charge in [0.2, 0.25) is 15.9 Å². The minimum absolute atomic E-state index is 0.0391. The zero-order valence-corrected chi connectivity index (χ0v) is 26.5. The van der Waals surface area contributed by atoms with E-state index in [1.807, 2.05) is 35.0 Å². The number of methoxy groups -OCH3 is 2. The zero-order chi connectivity index (χ0) is 31.6. The van der Waals surface area contributed by atoms with Crippen molar-refractivity contribution in [1.29, 1.82) is 0 Å². The van der Waals surface area contributed by atoms with Crippen molar-refractivity contribution < 1.29 is 22.7 Å². The molecule has 1 N–H and O–H groups in total. The molecule has 1 saturated carbocycles. The van der Waals surface area contributed by atoms with Gasteiger partial charge < -0.3 is 14.8 Å². The number of rotatable bonds is 12. The Morgan fingerprint density at radius 2 is 1.53 bits per heavy atom. The van der Waals surface area contributed by atoms with Crippen LogP contribution in [0, 0.1) is 0 Å². The summed E-state index contributed by atoms with van der Waals surface area (Å²) in [7, 11) is -0.954. The molecule has 1 fully saturated rings. The molecule has 1 amide bonds. The van der Waals surface area contributed by atoms with Crippen LogP contribution >= 0.6 is 11.6 Å². The highest BCUT2D eigenvalue weighted by atomic mass is 35.5. The maximum Gasteiger partial charge on any atom is 0.244 e. The van der Waals surface area contributed by atoms with Crippen LogP contribution in [-0.4, -0.2) is 42.6 Å². The van der Waals surface area contributed by atoms with Crippen LogP contribution in [0.5, 0.6) is 11.5 Å². The predicted molar refractivity (Wildman–Crippen MR) is 174 cm³/mol. The van der Waals surface area contributed by atoms with E-state index in [-0.39, 0.29) is 36.4 Å². The summed E-state index contributed by atoms with van der Waals surface area (Å²) in [4.78, 5) is 13.2. The van der Waals surface area contributed by atoms with Gasteiger partial charge in [0.25, 0.3) is 0 Å². The quantitative estimate of drug-likeness (QED) is 0.164. The van der Waals surface area contributed by atoms with Gasteiger partial charge in [-0.25, -0.2) is 8.42 Å². The first-order chi connectivity index (χ1) is 21.7. The van der Waals surface area contributed by atoms with E-state index in [2.05, 4.69) is 5.32 Å². The maximum absolute atomic E-state index is 14.7. The molecular formula is C34H33ClN4O5S. The number of carbonyl (C=O) groups excluding carboxylic acids is 1. The molecule has 0 radical (unpaired) electrons. The monoisotopic (exact) mass is 644 g/mol. The number of amides is 1. The summed E-state index contributed by atoms with van der Waals surface area (Å²) in [6.07, 6.45) is 3.81. The Bertz CT molecular complexity index is 1890. The lowest BCUT2D eigenvalue weighted by Gasteiger charge is -2.23. The van der Waals surface area contributed by atoms with Crippen LogP contribution in [0.1, 0.15) is 35.6 Å². The van der Waals surface area contributed by atoms with Gasteiger partial charge in [-0.2, -0.15) is 9.40 Å². The fraction of sp³-hybridized carbons (Fsp3) is 0.235. The van der Waals surface area contributed by atoms with E-state index < -0.39 is 10.0 Å². The number of hydrogen-bond donors (Lipinski definition) is 1. The zero-order valence-electron chi connectivity index (χ0n) is 24.9. The lowest BCUT2D eigenvalue weighted by atomic mass is 10.1. The Morgan fingerprint density at radius 1 is 0.933 bits per heavy atom. The molecule has 1 aromatic heterocycles. The summed E-state index contributed by atoms with van der Waals surface area (Å²) in [6, 6.07) is 25.2. The lowest BCUT2D eigenvalue weighted by Crippen LogP contribution is -2.30. The smallest absolute Gasteiger partial charge is 0.244 e. The number of aromatic nitrogens is 2. The molecular weight excluding hydrogens is 612 g/mol. The van der Waals surface area contributed by atoms with Crippen molar-refractivity contribution in [3.63, 3.8) is 0 Å². The second kappa shape index (κ2) is 12.9. The van der Waals surface area contributed by atoms with Crippen LogP contribution in [0.25, 0.3) is 10.9 Å². The number of anilines is 1. The van der Waals surface area contributed by atoms with Crippen LogP contribution in [0.2, 0.25) is 5.02 Å². The van der Waals surface area contributed by atoms with E-state index in [4.69, 9.17) is 26.2 Å². The van der Waals surface area contributed by atoms with E-state index in [1.165, 1.54) is 10.4 Å². The Kier molecular flexibility index (Phi) is 8.80. The number of carbonyl (C=O) groups is 1. The van der Waals surface area contributed by atoms with Crippen molar-refractivity contribution in [2.24, 2.45) is 0 Å². The largest absolute Gasteiger partial charge is 0.497 e. The minimum atomic E-state index is -4.13. The molecule has 6 rings (SSSR count). The number of nitrogens with one attached hydrogen (secondary N) is 1. The highest BCUT2D eigenvalue weighted by Gasteiger charge is 2.31. The van der Waals surface area contributed by atoms with Crippen molar-refractivity contribution in [3.05, 3.63) is 113 Å². The molecule has 0 bridgehead atoms. The molecule has 0 aliphatic heterocycles. The van der Waals surface area contributed by atoms with Gasteiger partial charge in [-0.3, -0.25) is 9.48 Å². The van der Waals surface area contributed by atoms with Gasteiger partial charge in [0.1, 0.15) is 11.5 Å². The van der Waals surface area contributed by atoms with Crippen LogP contribution < -0.4 is 14.8 Å². The summed E-state index contributed by atoms with van der Waals surface area (Å²) in [5, 5.41) is 8.59. The summed E-state index contributed by atoms with van der Waals surface area (Å²) in [6.45, 7) is 0.222.